The third-order valence-electron chi connectivity index (χ3n) is 3.38. The first-order valence-electron chi connectivity index (χ1n) is 7.32. The van der Waals surface area contributed by atoms with E-state index in [-0.39, 0.29) is 12.5 Å². The van der Waals surface area contributed by atoms with Crippen LogP contribution in [0.5, 0.6) is 11.5 Å². The molecule has 1 N–H and O–H groups in total. The summed E-state index contributed by atoms with van der Waals surface area (Å²) in [5, 5.41) is 10.3. The van der Waals surface area contributed by atoms with Crippen molar-refractivity contribution in [2.24, 2.45) is 0 Å². The summed E-state index contributed by atoms with van der Waals surface area (Å²) in [6.45, 7) is 7.11. The summed E-state index contributed by atoms with van der Waals surface area (Å²) in [4.78, 5) is 11.8. The summed E-state index contributed by atoms with van der Waals surface area (Å²) in [6.07, 6.45) is -0.499. The number of aliphatic hydroxyl groups is 1. The zero-order chi connectivity index (χ0) is 15.4. The molecule has 0 aliphatic carbocycles. The molecule has 0 bridgehead atoms. The monoisotopic (exact) mass is 294 g/mol. The molecule has 1 unspecified atom stereocenters. The second kappa shape index (κ2) is 6.80. The third kappa shape index (κ3) is 3.47. The number of esters is 1. The van der Waals surface area contributed by atoms with Crippen LogP contribution in [0.25, 0.3) is 0 Å². The van der Waals surface area contributed by atoms with E-state index in [0.717, 1.165) is 12.0 Å². The minimum Gasteiger partial charge on any atom is -0.490 e. The first-order chi connectivity index (χ1) is 10.0. The highest BCUT2D eigenvalue weighted by Gasteiger charge is 2.26. The van der Waals surface area contributed by atoms with E-state index in [1.807, 2.05) is 19.9 Å². The van der Waals surface area contributed by atoms with Gasteiger partial charge < -0.3 is 19.3 Å². The van der Waals surface area contributed by atoms with Crippen LogP contribution in [0, 0.1) is 0 Å². The number of hydrogen-bond acceptors (Lipinski definition) is 5. The van der Waals surface area contributed by atoms with Crippen molar-refractivity contribution in [1.29, 1.82) is 0 Å². The normalized spacial score (nSPS) is 15.5. The Hall–Kier alpha value is -1.75. The van der Waals surface area contributed by atoms with Gasteiger partial charge in [-0.3, -0.25) is 0 Å². The van der Waals surface area contributed by atoms with Crippen molar-refractivity contribution in [2.45, 2.75) is 39.2 Å². The van der Waals surface area contributed by atoms with E-state index in [0.29, 0.717) is 30.3 Å². The molecule has 5 nitrogen and oxygen atoms in total. The topological polar surface area (TPSA) is 65.0 Å². The number of fused-ring (bicyclic) bond motifs is 1. The number of benzene rings is 1. The van der Waals surface area contributed by atoms with E-state index in [1.165, 1.54) is 0 Å². The predicted molar refractivity (Wildman–Crippen MR) is 77.7 cm³/mol. The van der Waals surface area contributed by atoms with Gasteiger partial charge in [-0.2, -0.15) is 0 Å². The Labute approximate surface area is 124 Å². The van der Waals surface area contributed by atoms with E-state index in [2.05, 4.69) is 0 Å². The Morgan fingerprint density at radius 1 is 1.24 bits per heavy atom. The fourth-order valence-electron chi connectivity index (χ4n) is 2.33. The van der Waals surface area contributed by atoms with Crippen molar-refractivity contribution in [3.63, 3.8) is 0 Å². The standard InChI is InChI=1S/C16H22O5/c1-4-19-16(18)15(17)12-9-14-13(8-11(12)10(2)3)20-6-5-7-21-14/h8-10,15,17H,4-7H2,1-3H3. The van der Waals surface area contributed by atoms with Gasteiger partial charge in [0.05, 0.1) is 19.8 Å². The van der Waals surface area contributed by atoms with Crippen LogP contribution in [0.2, 0.25) is 0 Å². The lowest BCUT2D eigenvalue weighted by Crippen LogP contribution is -2.17. The fourth-order valence-corrected chi connectivity index (χ4v) is 2.33. The number of rotatable bonds is 4. The molecule has 116 valence electrons. The van der Waals surface area contributed by atoms with Gasteiger partial charge in [0.25, 0.3) is 0 Å². The maximum Gasteiger partial charge on any atom is 0.339 e. The highest BCUT2D eigenvalue weighted by Crippen LogP contribution is 2.38. The van der Waals surface area contributed by atoms with Gasteiger partial charge >= 0.3 is 5.97 Å². The van der Waals surface area contributed by atoms with E-state index in [1.54, 1.807) is 13.0 Å². The molecule has 5 heteroatoms. The van der Waals surface area contributed by atoms with Gasteiger partial charge in [0, 0.05) is 6.42 Å². The minimum atomic E-state index is -1.31. The van der Waals surface area contributed by atoms with Crippen LogP contribution in [-0.4, -0.2) is 30.9 Å². The highest BCUT2D eigenvalue weighted by molar-refractivity contribution is 5.77. The minimum absolute atomic E-state index is 0.140. The Morgan fingerprint density at radius 3 is 2.33 bits per heavy atom. The molecule has 1 aromatic rings. The largest absolute Gasteiger partial charge is 0.490 e. The van der Waals surface area contributed by atoms with Crippen molar-refractivity contribution in [2.75, 3.05) is 19.8 Å². The first-order valence-corrected chi connectivity index (χ1v) is 7.32. The Kier molecular flexibility index (Phi) is 5.07. The Bertz CT molecular complexity index is 510. The van der Waals surface area contributed by atoms with Crippen LogP contribution >= 0.6 is 0 Å². The summed E-state index contributed by atoms with van der Waals surface area (Å²) >= 11 is 0. The maximum atomic E-state index is 11.8. The SMILES string of the molecule is CCOC(=O)C(O)c1cc2c(cc1C(C)C)OCCCO2. The quantitative estimate of drug-likeness (QED) is 0.865. The molecular weight excluding hydrogens is 272 g/mol. The molecule has 0 fully saturated rings. The van der Waals surface area contributed by atoms with Crippen molar-refractivity contribution >= 4 is 5.97 Å². The molecule has 0 saturated carbocycles. The van der Waals surface area contributed by atoms with Crippen molar-refractivity contribution in [1.82, 2.24) is 0 Å². The van der Waals surface area contributed by atoms with Gasteiger partial charge in [-0.15, -0.1) is 0 Å². The number of aliphatic hydroxyl groups excluding tert-OH is 1. The lowest BCUT2D eigenvalue weighted by Gasteiger charge is -2.19. The van der Waals surface area contributed by atoms with Crippen molar-refractivity contribution in [3.8, 4) is 11.5 Å². The number of carbonyl (C=O) groups is 1. The highest BCUT2D eigenvalue weighted by atomic mass is 16.5. The lowest BCUT2D eigenvalue weighted by atomic mass is 9.93. The summed E-state index contributed by atoms with van der Waals surface area (Å²) < 4.78 is 16.2. The van der Waals surface area contributed by atoms with Gasteiger partial charge in [-0.25, -0.2) is 4.79 Å². The molecule has 0 amide bonds. The molecule has 2 rings (SSSR count). The molecular formula is C16H22O5. The van der Waals surface area contributed by atoms with E-state index in [4.69, 9.17) is 14.2 Å². The Morgan fingerprint density at radius 2 is 1.81 bits per heavy atom. The predicted octanol–water partition coefficient (Wildman–Crippen LogP) is 2.57. The van der Waals surface area contributed by atoms with Crippen LogP contribution in [0.3, 0.4) is 0 Å². The smallest absolute Gasteiger partial charge is 0.339 e. The molecule has 1 heterocycles. The lowest BCUT2D eigenvalue weighted by molar-refractivity contribution is -0.153. The summed E-state index contributed by atoms with van der Waals surface area (Å²) in [6, 6.07) is 3.54. The van der Waals surface area contributed by atoms with Gasteiger partial charge in [-0.1, -0.05) is 13.8 Å². The van der Waals surface area contributed by atoms with Crippen LogP contribution in [-0.2, 0) is 9.53 Å². The third-order valence-corrected chi connectivity index (χ3v) is 3.38. The molecule has 1 aliphatic rings. The van der Waals surface area contributed by atoms with E-state index >= 15 is 0 Å². The molecule has 0 radical (unpaired) electrons. The average molecular weight is 294 g/mol. The van der Waals surface area contributed by atoms with Gasteiger partial charge in [-0.05, 0) is 36.1 Å². The zero-order valence-electron chi connectivity index (χ0n) is 12.7. The van der Waals surface area contributed by atoms with Crippen molar-refractivity contribution < 1.29 is 24.1 Å². The summed E-state index contributed by atoms with van der Waals surface area (Å²) in [5.41, 5.74) is 1.38. The summed E-state index contributed by atoms with van der Waals surface area (Å²) in [7, 11) is 0. The molecule has 0 saturated heterocycles. The molecule has 21 heavy (non-hydrogen) atoms. The van der Waals surface area contributed by atoms with Crippen LogP contribution in [0.4, 0.5) is 0 Å². The Balaban J connectivity index is 2.43. The van der Waals surface area contributed by atoms with Gasteiger partial charge in [0.1, 0.15) is 0 Å². The van der Waals surface area contributed by atoms with Gasteiger partial charge in [0.2, 0.25) is 0 Å². The average Bonchev–Trinajstić information content (AvgIpc) is 2.69. The number of carbonyl (C=O) groups excluding carboxylic acids is 1. The van der Waals surface area contributed by atoms with Crippen LogP contribution in [0.1, 0.15) is 50.3 Å². The van der Waals surface area contributed by atoms with Crippen LogP contribution < -0.4 is 9.47 Å². The maximum absolute atomic E-state index is 11.8. The fraction of sp³-hybridized carbons (Fsp3) is 0.562. The van der Waals surface area contributed by atoms with E-state index < -0.39 is 12.1 Å². The van der Waals surface area contributed by atoms with Crippen molar-refractivity contribution in [3.05, 3.63) is 23.3 Å². The number of ether oxygens (including phenoxy) is 3. The molecule has 0 spiro atoms. The van der Waals surface area contributed by atoms with Gasteiger partial charge in [0.15, 0.2) is 17.6 Å². The summed E-state index contributed by atoms with van der Waals surface area (Å²) in [5.74, 6) is 0.723. The zero-order valence-corrected chi connectivity index (χ0v) is 12.7. The van der Waals surface area contributed by atoms with E-state index in [9.17, 15) is 9.90 Å². The number of hydrogen-bond donors (Lipinski definition) is 1. The second-order valence-corrected chi connectivity index (χ2v) is 5.29. The van der Waals surface area contributed by atoms with Crippen LogP contribution in [0.15, 0.2) is 12.1 Å². The first kappa shape index (κ1) is 15.6. The molecule has 1 aliphatic heterocycles. The molecule has 1 aromatic carbocycles. The molecule has 0 aromatic heterocycles. The molecule has 1 atom stereocenters. The second-order valence-electron chi connectivity index (χ2n) is 5.29.